The fourth-order valence-corrected chi connectivity index (χ4v) is 1.56. The van der Waals surface area contributed by atoms with Gasteiger partial charge < -0.3 is 14.6 Å². The van der Waals surface area contributed by atoms with Crippen molar-refractivity contribution in [1.29, 1.82) is 0 Å². The lowest BCUT2D eigenvalue weighted by atomic mass is 10.4. The Morgan fingerprint density at radius 3 is 1.67 bits per heavy atom. The van der Waals surface area contributed by atoms with Crippen LogP contribution in [0.15, 0.2) is 0 Å². The zero-order valence-corrected chi connectivity index (χ0v) is 12.2. The summed E-state index contributed by atoms with van der Waals surface area (Å²) in [6.45, 7) is 10.2. The van der Waals surface area contributed by atoms with Gasteiger partial charge in [0.15, 0.2) is 0 Å². The number of nitrogens with zero attached hydrogens (tertiary/aromatic N) is 1. The van der Waals surface area contributed by atoms with Gasteiger partial charge in [0.1, 0.15) is 0 Å². The molecule has 18 heavy (non-hydrogen) atoms. The van der Waals surface area contributed by atoms with E-state index in [1.807, 2.05) is 0 Å². The van der Waals surface area contributed by atoms with E-state index in [4.69, 9.17) is 14.6 Å². The van der Waals surface area contributed by atoms with Gasteiger partial charge in [-0.2, -0.15) is 0 Å². The van der Waals surface area contributed by atoms with Crippen molar-refractivity contribution < 1.29 is 14.6 Å². The second-order valence-electron chi connectivity index (χ2n) is 4.50. The highest BCUT2D eigenvalue weighted by atomic mass is 16.5. The van der Waals surface area contributed by atoms with Crippen LogP contribution in [0, 0.1) is 0 Å². The van der Waals surface area contributed by atoms with Gasteiger partial charge in [-0.25, -0.2) is 0 Å². The summed E-state index contributed by atoms with van der Waals surface area (Å²) in [5.41, 5.74) is 0. The standard InChI is InChI=1S/C14H31NO3/c1-3-5-11-17-13-8-15(7-10-16)9-14-18-12-6-4-2/h16H,3-14H2,1-2H3. The van der Waals surface area contributed by atoms with Crippen LogP contribution in [0.4, 0.5) is 0 Å². The van der Waals surface area contributed by atoms with E-state index >= 15 is 0 Å². The fraction of sp³-hybridized carbons (Fsp3) is 1.00. The van der Waals surface area contributed by atoms with Crippen LogP contribution < -0.4 is 0 Å². The molecule has 0 atom stereocenters. The first-order chi connectivity index (χ1) is 8.85. The number of aliphatic hydroxyl groups is 1. The summed E-state index contributed by atoms with van der Waals surface area (Å²) in [5, 5.41) is 8.99. The average Bonchev–Trinajstić information content (AvgIpc) is 2.38. The molecular weight excluding hydrogens is 230 g/mol. The zero-order valence-electron chi connectivity index (χ0n) is 12.2. The molecule has 0 bridgehead atoms. The predicted molar refractivity (Wildman–Crippen MR) is 75.0 cm³/mol. The van der Waals surface area contributed by atoms with Crippen LogP contribution in [0.3, 0.4) is 0 Å². The number of unbranched alkanes of at least 4 members (excludes halogenated alkanes) is 2. The third-order valence-corrected chi connectivity index (χ3v) is 2.80. The van der Waals surface area contributed by atoms with E-state index in [9.17, 15) is 0 Å². The molecule has 0 amide bonds. The van der Waals surface area contributed by atoms with Crippen LogP contribution in [0.2, 0.25) is 0 Å². The predicted octanol–water partition coefficient (Wildman–Crippen LogP) is 1.91. The molecule has 0 aliphatic carbocycles. The van der Waals surface area contributed by atoms with Gasteiger partial charge >= 0.3 is 0 Å². The maximum Gasteiger partial charge on any atom is 0.0593 e. The summed E-state index contributed by atoms with van der Waals surface area (Å²) in [6, 6.07) is 0. The lowest BCUT2D eigenvalue weighted by Gasteiger charge is -2.21. The van der Waals surface area contributed by atoms with E-state index in [0.717, 1.165) is 52.4 Å². The molecule has 4 nitrogen and oxygen atoms in total. The van der Waals surface area contributed by atoms with E-state index in [1.54, 1.807) is 0 Å². The molecule has 0 unspecified atom stereocenters. The molecule has 0 radical (unpaired) electrons. The van der Waals surface area contributed by atoms with Gasteiger partial charge in [-0.3, -0.25) is 4.90 Å². The van der Waals surface area contributed by atoms with Crippen molar-refractivity contribution in [3.8, 4) is 0 Å². The Morgan fingerprint density at radius 2 is 1.28 bits per heavy atom. The number of rotatable bonds is 14. The second-order valence-corrected chi connectivity index (χ2v) is 4.50. The third-order valence-electron chi connectivity index (χ3n) is 2.80. The molecule has 0 fully saturated rings. The normalized spacial score (nSPS) is 11.3. The van der Waals surface area contributed by atoms with Gasteiger partial charge in [0.2, 0.25) is 0 Å². The minimum atomic E-state index is 0.198. The van der Waals surface area contributed by atoms with E-state index in [2.05, 4.69) is 18.7 Å². The first kappa shape index (κ1) is 17.8. The average molecular weight is 261 g/mol. The summed E-state index contributed by atoms with van der Waals surface area (Å²) in [5.74, 6) is 0. The number of hydrogen-bond donors (Lipinski definition) is 1. The summed E-state index contributed by atoms with van der Waals surface area (Å²) in [7, 11) is 0. The van der Waals surface area contributed by atoms with Crippen molar-refractivity contribution in [1.82, 2.24) is 4.90 Å². The van der Waals surface area contributed by atoms with Crippen molar-refractivity contribution in [2.75, 3.05) is 52.7 Å². The van der Waals surface area contributed by atoms with Crippen LogP contribution in [-0.2, 0) is 9.47 Å². The molecule has 110 valence electrons. The molecule has 4 heteroatoms. The Bertz CT molecular complexity index is 142. The highest BCUT2D eigenvalue weighted by Crippen LogP contribution is 1.93. The Balaban J connectivity index is 3.45. The first-order valence-corrected chi connectivity index (χ1v) is 7.33. The van der Waals surface area contributed by atoms with Crippen LogP contribution in [0.25, 0.3) is 0 Å². The molecular formula is C14H31NO3. The number of aliphatic hydroxyl groups excluding tert-OH is 1. The molecule has 0 aromatic rings. The third kappa shape index (κ3) is 12.3. The molecule has 0 saturated heterocycles. The lowest BCUT2D eigenvalue weighted by molar-refractivity contribution is 0.0656. The summed E-state index contributed by atoms with van der Waals surface area (Å²) in [4.78, 5) is 2.19. The first-order valence-electron chi connectivity index (χ1n) is 7.33. The van der Waals surface area contributed by atoms with Gasteiger partial charge in [0.05, 0.1) is 19.8 Å². The Hall–Kier alpha value is -0.160. The molecule has 0 aliphatic heterocycles. The summed E-state index contributed by atoms with van der Waals surface area (Å²) in [6.07, 6.45) is 4.59. The fourth-order valence-electron chi connectivity index (χ4n) is 1.56. The molecule has 0 saturated carbocycles. The van der Waals surface area contributed by atoms with Crippen LogP contribution >= 0.6 is 0 Å². The van der Waals surface area contributed by atoms with Crippen molar-refractivity contribution in [3.05, 3.63) is 0 Å². The topological polar surface area (TPSA) is 41.9 Å². The van der Waals surface area contributed by atoms with Gasteiger partial charge in [-0.15, -0.1) is 0 Å². The molecule has 0 aromatic carbocycles. The minimum Gasteiger partial charge on any atom is -0.395 e. The van der Waals surface area contributed by atoms with Gasteiger partial charge in [-0.05, 0) is 12.8 Å². The summed E-state index contributed by atoms with van der Waals surface area (Å²) < 4.78 is 11.1. The minimum absolute atomic E-state index is 0.198. The Labute approximate surface area is 112 Å². The highest BCUT2D eigenvalue weighted by Gasteiger charge is 2.03. The maximum absolute atomic E-state index is 8.99. The molecule has 1 N–H and O–H groups in total. The molecule has 0 heterocycles. The quantitative estimate of drug-likeness (QED) is 0.485. The van der Waals surface area contributed by atoms with Crippen molar-refractivity contribution in [2.45, 2.75) is 39.5 Å². The SMILES string of the molecule is CCCCOCCN(CCO)CCOCCCC. The molecule has 0 aromatic heterocycles. The second kappa shape index (κ2) is 14.9. The van der Waals surface area contributed by atoms with Crippen molar-refractivity contribution in [3.63, 3.8) is 0 Å². The van der Waals surface area contributed by atoms with E-state index in [1.165, 1.54) is 12.8 Å². The van der Waals surface area contributed by atoms with E-state index in [0.29, 0.717) is 6.54 Å². The Morgan fingerprint density at radius 1 is 0.778 bits per heavy atom. The monoisotopic (exact) mass is 261 g/mol. The van der Waals surface area contributed by atoms with Crippen LogP contribution in [-0.4, -0.2) is 62.7 Å². The van der Waals surface area contributed by atoms with Crippen LogP contribution in [0.5, 0.6) is 0 Å². The Kier molecular flexibility index (Phi) is 14.8. The van der Waals surface area contributed by atoms with Gasteiger partial charge in [0.25, 0.3) is 0 Å². The maximum atomic E-state index is 8.99. The van der Waals surface area contributed by atoms with E-state index < -0.39 is 0 Å². The molecule has 0 rings (SSSR count). The number of hydrogen-bond acceptors (Lipinski definition) is 4. The molecule has 0 aliphatic rings. The number of ether oxygens (including phenoxy) is 2. The van der Waals surface area contributed by atoms with Gasteiger partial charge in [-0.1, -0.05) is 26.7 Å². The van der Waals surface area contributed by atoms with Gasteiger partial charge in [0, 0.05) is 32.8 Å². The van der Waals surface area contributed by atoms with E-state index in [-0.39, 0.29) is 6.61 Å². The van der Waals surface area contributed by atoms with Crippen molar-refractivity contribution >= 4 is 0 Å². The zero-order chi connectivity index (χ0) is 13.5. The smallest absolute Gasteiger partial charge is 0.0593 e. The largest absolute Gasteiger partial charge is 0.395 e. The summed E-state index contributed by atoms with van der Waals surface area (Å²) >= 11 is 0. The highest BCUT2D eigenvalue weighted by molar-refractivity contribution is 4.56. The van der Waals surface area contributed by atoms with Crippen molar-refractivity contribution in [2.24, 2.45) is 0 Å². The lowest BCUT2D eigenvalue weighted by Crippen LogP contribution is -2.33. The van der Waals surface area contributed by atoms with Crippen LogP contribution in [0.1, 0.15) is 39.5 Å². The molecule has 0 spiro atoms.